The summed E-state index contributed by atoms with van der Waals surface area (Å²) in [7, 11) is 1.66. The normalized spacial score (nSPS) is 16.4. The second kappa shape index (κ2) is 8.89. The van der Waals surface area contributed by atoms with Gasteiger partial charge in [-0.25, -0.2) is 9.97 Å². The zero-order valence-corrected chi connectivity index (χ0v) is 17.4. The van der Waals surface area contributed by atoms with Crippen LogP contribution in [0.2, 0.25) is 5.02 Å². The molecule has 0 radical (unpaired) electrons. The SMILES string of the molecule is CCc1cc(N2CCC(NC(C)c3cc(C)c(OC)c(Cl)c3)CC2)ncn1. The molecule has 0 spiro atoms. The van der Waals surface area contributed by atoms with Gasteiger partial charge < -0.3 is 15.0 Å². The van der Waals surface area contributed by atoms with Gasteiger partial charge in [0.05, 0.1) is 12.1 Å². The largest absolute Gasteiger partial charge is 0.495 e. The number of hydrogen-bond acceptors (Lipinski definition) is 5. The molecule has 6 heteroatoms. The molecule has 27 heavy (non-hydrogen) atoms. The van der Waals surface area contributed by atoms with Crippen molar-refractivity contribution in [2.24, 2.45) is 0 Å². The standard InChI is InChI=1S/C21H29ClN4O/c1-5-17-12-20(24-13-23-17)26-8-6-18(7-9-26)25-15(3)16-10-14(2)21(27-4)19(22)11-16/h10-13,15,18,25H,5-9H2,1-4H3. The van der Waals surface area contributed by atoms with Gasteiger partial charge in [-0.1, -0.05) is 24.6 Å². The van der Waals surface area contributed by atoms with Crippen LogP contribution in [0.4, 0.5) is 5.82 Å². The molecule has 5 nitrogen and oxygen atoms in total. The van der Waals surface area contributed by atoms with Crippen molar-refractivity contribution in [3.8, 4) is 5.75 Å². The first-order valence-corrected chi connectivity index (χ1v) is 10.1. The van der Waals surface area contributed by atoms with E-state index < -0.39 is 0 Å². The Bertz CT molecular complexity index is 752. The third-order valence-corrected chi connectivity index (χ3v) is 5.61. The van der Waals surface area contributed by atoms with Gasteiger partial charge in [0.25, 0.3) is 0 Å². The predicted octanol–water partition coefficient (Wildman–Crippen LogP) is 4.33. The van der Waals surface area contributed by atoms with E-state index in [0.717, 1.165) is 55.2 Å². The molecule has 3 rings (SSSR count). The number of ether oxygens (including phenoxy) is 1. The van der Waals surface area contributed by atoms with Crippen molar-refractivity contribution >= 4 is 17.4 Å². The van der Waals surface area contributed by atoms with E-state index in [-0.39, 0.29) is 6.04 Å². The number of nitrogens with one attached hydrogen (secondary N) is 1. The second-order valence-corrected chi connectivity index (χ2v) is 7.63. The molecule has 146 valence electrons. The number of rotatable bonds is 6. The Kier molecular flexibility index (Phi) is 6.55. The summed E-state index contributed by atoms with van der Waals surface area (Å²) in [6, 6.07) is 7.01. The topological polar surface area (TPSA) is 50.3 Å². The molecular weight excluding hydrogens is 360 g/mol. The lowest BCUT2D eigenvalue weighted by Gasteiger charge is -2.34. The first-order chi connectivity index (χ1) is 13.0. The van der Waals surface area contributed by atoms with E-state index in [1.807, 2.05) is 13.0 Å². The van der Waals surface area contributed by atoms with E-state index in [1.165, 1.54) is 5.56 Å². The van der Waals surface area contributed by atoms with Crippen LogP contribution in [0.5, 0.6) is 5.75 Å². The monoisotopic (exact) mass is 388 g/mol. The number of hydrogen-bond donors (Lipinski definition) is 1. The van der Waals surface area contributed by atoms with E-state index in [2.05, 4.69) is 46.2 Å². The first-order valence-electron chi connectivity index (χ1n) is 9.67. The van der Waals surface area contributed by atoms with Gasteiger partial charge >= 0.3 is 0 Å². The lowest BCUT2D eigenvalue weighted by Crippen LogP contribution is -2.43. The van der Waals surface area contributed by atoms with Crippen LogP contribution in [-0.4, -0.2) is 36.2 Å². The Balaban J connectivity index is 1.59. The lowest BCUT2D eigenvalue weighted by atomic mass is 10.00. The van der Waals surface area contributed by atoms with Crippen molar-refractivity contribution in [1.29, 1.82) is 0 Å². The predicted molar refractivity (Wildman–Crippen MR) is 111 cm³/mol. The lowest BCUT2D eigenvalue weighted by molar-refractivity contribution is 0.379. The highest BCUT2D eigenvalue weighted by Gasteiger charge is 2.22. The Labute approximate surface area is 167 Å². The molecule has 1 atom stereocenters. The molecule has 1 unspecified atom stereocenters. The van der Waals surface area contributed by atoms with Crippen molar-refractivity contribution in [3.63, 3.8) is 0 Å². The molecule has 2 aromatic rings. The number of methoxy groups -OCH3 is 1. The average Bonchev–Trinajstić information content (AvgIpc) is 2.68. The van der Waals surface area contributed by atoms with Crippen LogP contribution in [0, 0.1) is 6.92 Å². The van der Waals surface area contributed by atoms with Gasteiger partial charge in [0.1, 0.15) is 17.9 Å². The molecule has 0 amide bonds. The van der Waals surface area contributed by atoms with Crippen molar-refractivity contribution in [2.45, 2.75) is 52.1 Å². The van der Waals surface area contributed by atoms with Crippen molar-refractivity contribution in [3.05, 3.63) is 46.4 Å². The second-order valence-electron chi connectivity index (χ2n) is 7.22. The molecule has 0 saturated carbocycles. The zero-order chi connectivity index (χ0) is 19.4. The van der Waals surface area contributed by atoms with Crippen molar-refractivity contribution in [1.82, 2.24) is 15.3 Å². The summed E-state index contributed by atoms with van der Waals surface area (Å²) >= 11 is 6.36. The molecule has 1 aliphatic rings. The number of aromatic nitrogens is 2. The summed E-state index contributed by atoms with van der Waals surface area (Å²) in [5.41, 5.74) is 3.36. The minimum absolute atomic E-state index is 0.245. The van der Waals surface area contributed by atoms with Crippen LogP contribution in [0.1, 0.15) is 49.6 Å². The van der Waals surface area contributed by atoms with E-state index in [0.29, 0.717) is 11.1 Å². The van der Waals surface area contributed by atoms with Crippen LogP contribution in [0.15, 0.2) is 24.5 Å². The summed E-state index contributed by atoms with van der Waals surface area (Å²) in [6.07, 6.45) is 4.81. The quantitative estimate of drug-likeness (QED) is 0.798. The summed E-state index contributed by atoms with van der Waals surface area (Å²) < 4.78 is 5.36. The average molecular weight is 389 g/mol. The highest BCUT2D eigenvalue weighted by Crippen LogP contribution is 2.32. The molecule has 1 aromatic heterocycles. The van der Waals surface area contributed by atoms with E-state index in [4.69, 9.17) is 16.3 Å². The highest BCUT2D eigenvalue weighted by molar-refractivity contribution is 6.32. The fourth-order valence-corrected chi connectivity index (χ4v) is 4.10. The van der Waals surface area contributed by atoms with Crippen LogP contribution >= 0.6 is 11.6 Å². The molecule has 1 saturated heterocycles. The Hall–Kier alpha value is -1.85. The summed E-state index contributed by atoms with van der Waals surface area (Å²) in [5.74, 6) is 1.81. The molecule has 1 aromatic carbocycles. The molecule has 1 aliphatic heterocycles. The number of halogens is 1. The van der Waals surface area contributed by atoms with E-state index >= 15 is 0 Å². The highest BCUT2D eigenvalue weighted by atomic mass is 35.5. The maximum absolute atomic E-state index is 6.36. The van der Waals surface area contributed by atoms with Crippen molar-refractivity contribution in [2.75, 3.05) is 25.1 Å². The Morgan fingerprint density at radius 3 is 2.63 bits per heavy atom. The van der Waals surface area contributed by atoms with E-state index in [1.54, 1.807) is 13.4 Å². The maximum Gasteiger partial charge on any atom is 0.140 e. The third kappa shape index (κ3) is 4.71. The van der Waals surface area contributed by atoms with Gasteiger partial charge in [0.15, 0.2) is 0 Å². The fourth-order valence-electron chi connectivity index (χ4n) is 3.74. The van der Waals surface area contributed by atoms with Gasteiger partial charge in [-0.05, 0) is 50.3 Å². The molecule has 1 fully saturated rings. The summed E-state index contributed by atoms with van der Waals surface area (Å²) in [6.45, 7) is 8.37. The van der Waals surface area contributed by atoms with Crippen LogP contribution in [0.3, 0.4) is 0 Å². The minimum Gasteiger partial charge on any atom is -0.495 e. The first kappa shape index (κ1) is 19.9. The van der Waals surface area contributed by atoms with Gasteiger partial charge in [0, 0.05) is 36.9 Å². The van der Waals surface area contributed by atoms with Crippen LogP contribution in [0.25, 0.3) is 0 Å². The van der Waals surface area contributed by atoms with Crippen LogP contribution in [-0.2, 0) is 6.42 Å². The number of anilines is 1. The number of piperidine rings is 1. The van der Waals surface area contributed by atoms with Gasteiger partial charge in [-0.3, -0.25) is 0 Å². The molecule has 0 aliphatic carbocycles. The van der Waals surface area contributed by atoms with Gasteiger partial charge in [-0.2, -0.15) is 0 Å². The Morgan fingerprint density at radius 2 is 2.00 bits per heavy atom. The fraction of sp³-hybridized carbons (Fsp3) is 0.524. The number of benzene rings is 1. The van der Waals surface area contributed by atoms with Gasteiger partial charge in [0.2, 0.25) is 0 Å². The van der Waals surface area contributed by atoms with Crippen molar-refractivity contribution < 1.29 is 4.74 Å². The minimum atomic E-state index is 0.245. The zero-order valence-electron chi connectivity index (χ0n) is 16.6. The molecular formula is C21H29ClN4O. The van der Waals surface area contributed by atoms with E-state index in [9.17, 15) is 0 Å². The summed E-state index contributed by atoms with van der Waals surface area (Å²) in [5, 5.41) is 4.44. The summed E-state index contributed by atoms with van der Waals surface area (Å²) in [4.78, 5) is 11.1. The molecule has 1 N–H and O–H groups in total. The number of aryl methyl sites for hydroxylation is 2. The molecule has 2 heterocycles. The Morgan fingerprint density at radius 1 is 1.26 bits per heavy atom. The third-order valence-electron chi connectivity index (χ3n) is 5.33. The smallest absolute Gasteiger partial charge is 0.140 e. The van der Waals surface area contributed by atoms with Gasteiger partial charge in [-0.15, -0.1) is 0 Å². The maximum atomic E-state index is 6.36. The number of nitrogens with zero attached hydrogens (tertiary/aromatic N) is 3. The van der Waals surface area contributed by atoms with Crippen LogP contribution < -0.4 is 15.0 Å². The molecule has 0 bridgehead atoms.